The molecule has 0 aromatic heterocycles. The van der Waals surface area contributed by atoms with Crippen molar-refractivity contribution in [2.75, 3.05) is 0 Å². The van der Waals surface area contributed by atoms with Gasteiger partial charge in [-0.05, 0) is 0 Å². The summed E-state index contributed by atoms with van der Waals surface area (Å²) in [6.07, 6.45) is 3.59. The van der Waals surface area contributed by atoms with E-state index in [0.717, 1.165) is 6.42 Å². The fraction of sp³-hybridized carbons (Fsp3) is 0.310. The normalized spacial score (nSPS) is 15.7. The molecule has 0 spiro atoms. The molecule has 0 N–H and O–H groups in total. The van der Waals surface area contributed by atoms with E-state index < -0.39 is 21.3 Å². The van der Waals surface area contributed by atoms with Crippen molar-refractivity contribution < 1.29 is 46.1 Å². The van der Waals surface area contributed by atoms with E-state index in [-0.39, 0.29) is 35.6 Å². The average molecular weight is 713 g/mol. The van der Waals surface area contributed by atoms with Crippen molar-refractivity contribution in [1.29, 1.82) is 0 Å². The van der Waals surface area contributed by atoms with Gasteiger partial charge < -0.3 is 24.8 Å². The van der Waals surface area contributed by atoms with E-state index in [9.17, 15) is 0 Å². The van der Waals surface area contributed by atoms with Crippen LogP contribution in [0.4, 0.5) is 0 Å². The molecule has 1 unspecified atom stereocenters. The fourth-order valence-electron chi connectivity index (χ4n) is 7.11. The molecule has 0 nitrogen and oxygen atoms in total. The maximum atomic E-state index is 2.76. The summed E-state index contributed by atoms with van der Waals surface area (Å²) in [5, 5.41) is 0. The number of hydrogen-bond acceptors (Lipinski definition) is 0. The Balaban J connectivity index is 0.00000230. The minimum atomic E-state index is -2.66. The number of fused-ring (bicyclic) bond motifs is 3. The molecule has 0 fully saturated rings. The fourth-order valence-corrected chi connectivity index (χ4v) is 15.7. The van der Waals surface area contributed by atoms with Gasteiger partial charge in [-0.1, -0.05) is 0 Å². The van der Waals surface area contributed by atoms with Crippen LogP contribution in [0.25, 0.3) is 16.7 Å². The Morgan fingerprint density at radius 2 is 1.38 bits per heavy atom. The topological polar surface area (TPSA) is 0 Å². The molecule has 232 valence electrons. The van der Waals surface area contributed by atoms with Gasteiger partial charge in [0.25, 0.3) is 0 Å². The third kappa shape index (κ3) is 6.88. The van der Waals surface area contributed by atoms with Crippen molar-refractivity contribution in [1.82, 2.24) is 0 Å². The Bertz CT molecular complexity index is 1810. The van der Waals surface area contributed by atoms with Gasteiger partial charge in [0.1, 0.15) is 0 Å². The van der Waals surface area contributed by atoms with Gasteiger partial charge in [-0.25, -0.2) is 0 Å². The Labute approximate surface area is 292 Å². The average Bonchev–Trinajstić information content (AvgIpc) is 3.48. The first-order valence-electron chi connectivity index (χ1n) is 15.9. The zero-order chi connectivity index (χ0) is 30.7. The zero-order valence-corrected chi connectivity index (χ0v) is 32.2. The molecule has 45 heavy (non-hydrogen) atoms. The SMILES string of the molecule is CC1=[C](/[Zr+2](=[CH]/c2ccc(C)cc2)[c]2c(C(C)(C)C)ccc3c2Cc2cc(C(C)(C)C)ccc2-3)C(C)C=C1c1ccccc1.[Cl-].[Cl-]. The summed E-state index contributed by atoms with van der Waals surface area (Å²) in [6.45, 7) is 21.3. The van der Waals surface area contributed by atoms with Gasteiger partial charge in [0.2, 0.25) is 0 Å². The number of rotatable bonds is 4. The Morgan fingerprint density at radius 3 is 2.00 bits per heavy atom. The molecule has 0 bridgehead atoms. The van der Waals surface area contributed by atoms with E-state index in [4.69, 9.17) is 0 Å². The quantitative estimate of drug-likeness (QED) is 0.262. The molecular weight excluding hydrogens is 667 g/mol. The Hall–Kier alpha value is -2.31. The van der Waals surface area contributed by atoms with Gasteiger partial charge in [-0.2, -0.15) is 0 Å². The smallest absolute Gasteiger partial charge is 1.00 e. The molecule has 0 radical (unpaired) electrons. The van der Waals surface area contributed by atoms with Crippen LogP contribution >= 0.6 is 0 Å². The summed E-state index contributed by atoms with van der Waals surface area (Å²) in [7, 11) is 0. The molecule has 0 saturated carbocycles. The second kappa shape index (κ2) is 13.4. The third-order valence-corrected chi connectivity index (χ3v) is 17.2. The summed E-state index contributed by atoms with van der Waals surface area (Å²) in [4.78, 5) is 0. The van der Waals surface area contributed by atoms with Gasteiger partial charge in [0, 0.05) is 0 Å². The second-order valence-corrected chi connectivity index (χ2v) is 20.1. The molecule has 2 aliphatic carbocycles. The zero-order valence-electron chi connectivity index (χ0n) is 28.3. The number of allylic oxidation sites excluding steroid dienone is 4. The minimum absolute atomic E-state index is 0. The molecule has 4 aromatic carbocycles. The first-order chi connectivity index (χ1) is 20.3. The van der Waals surface area contributed by atoms with Gasteiger partial charge >= 0.3 is 269 Å². The summed E-state index contributed by atoms with van der Waals surface area (Å²) < 4.78 is 6.20. The van der Waals surface area contributed by atoms with Crippen molar-refractivity contribution in [2.45, 2.75) is 79.6 Å². The first-order valence-corrected chi connectivity index (χ1v) is 19.8. The summed E-state index contributed by atoms with van der Waals surface area (Å²) >= 11 is -2.66. The van der Waals surface area contributed by atoms with E-state index in [1.165, 1.54) is 50.1 Å². The van der Waals surface area contributed by atoms with E-state index >= 15 is 0 Å². The molecule has 0 aliphatic heterocycles. The van der Waals surface area contributed by atoms with Gasteiger partial charge in [-0.15, -0.1) is 0 Å². The monoisotopic (exact) mass is 710 g/mol. The standard InChI is InChI=1S/C21H25.C13H13.C8H8.2ClH.Zr/c1-20(2,3)16-7-9-18-14(12-16)11-15-13-17(21(4,5)6)8-10-19(15)18;1-10-8-11(2)13(9-10)12-6-4-3-5-7-12;1-7-3-5-8(2)6-4-7;;;/h7-10,12H,11H2,1-6H3;3-7,9-10H,1-2H3;1,3-6H,2H3;2*1H;/q;;;;;+2/p-2. The molecule has 1 atom stereocenters. The molecule has 2 aliphatic rings. The van der Waals surface area contributed by atoms with Crippen molar-refractivity contribution in [3.63, 3.8) is 0 Å². The van der Waals surface area contributed by atoms with Crippen LogP contribution in [0.5, 0.6) is 0 Å². The molecule has 0 amide bonds. The first kappa shape index (κ1) is 35.5. The maximum absolute atomic E-state index is 2.76. The van der Waals surface area contributed by atoms with Crippen LogP contribution in [0.2, 0.25) is 0 Å². The van der Waals surface area contributed by atoms with Crippen LogP contribution in [0.15, 0.2) is 99.9 Å². The predicted octanol–water partition coefficient (Wildman–Crippen LogP) is 4.27. The van der Waals surface area contributed by atoms with E-state index in [1.54, 1.807) is 17.7 Å². The number of halogens is 2. The Kier molecular flexibility index (Phi) is 10.6. The minimum Gasteiger partial charge on any atom is -1.00 e. The molecule has 0 heterocycles. The number of benzene rings is 4. The third-order valence-electron chi connectivity index (χ3n) is 9.46. The van der Waals surface area contributed by atoms with E-state index in [0.29, 0.717) is 5.92 Å². The van der Waals surface area contributed by atoms with Crippen LogP contribution in [-0.2, 0) is 38.5 Å². The molecule has 6 rings (SSSR count). The van der Waals surface area contributed by atoms with E-state index in [2.05, 4.69) is 157 Å². The van der Waals surface area contributed by atoms with Crippen molar-refractivity contribution in [3.8, 4) is 11.1 Å². The van der Waals surface area contributed by atoms with Gasteiger partial charge in [0.15, 0.2) is 0 Å². The van der Waals surface area contributed by atoms with Crippen LogP contribution in [0.3, 0.4) is 0 Å². The van der Waals surface area contributed by atoms with Crippen LogP contribution in [0, 0.1) is 12.8 Å². The summed E-state index contributed by atoms with van der Waals surface area (Å²) in [5.41, 5.74) is 16.2. The van der Waals surface area contributed by atoms with Gasteiger partial charge in [0.05, 0.1) is 0 Å². The van der Waals surface area contributed by atoms with Crippen molar-refractivity contribution in [3.05, 3.63) is 139 Å². The van der Waals surface area contributed by atoms with Crippen molar-refractivity contribution in [2.24, 2.45) is 5.92 Å². The summed E-state index contributed by atoms with van der Waals surface area (Å²) in [5.74, 6) is 0.436. The second-order valence-electron chi connectivity index (χ2n) is 14.8. The van der Waals surface area contributed by atoms with E-state index in [1.807, 2.05) is 0 Å². The van der Waals surface area contributed by atoms with Crippen LogP contribution in [0.1, 0.15) is 94.3 Å². The predicted molar refractivity (Wildman–Crippen MR) is 184 cm³/mol. The van der Waals surface area contributed by atoms with Gasteiger partial charge in [-0.3, -0.25) is 0 Å². The molecule has 3 heteroatoms. The molecule has 4 aromatic rings. The number of hydrogen-bond donors (Lipinski definition) is 0. The number of aryl methyl sites for hydroxylation is 1. The van der Waals surface area contributed by atoms with Crippen LogP contribution in [-0.4, -0.2) is 3.71 Å². The summed E-state index contributed by atoms with van der Waals surface area (Å²) in [6, 6.07) is 32.5. The Morgan fingerprint density at radius 1 is 0.733 bits per heavy atom. The molecular formula is C42H46Cl2Zr. The maximum Gasteiger partial charge on any atom is -1.00 e. The molecule has 0 saturated heterocycles. The van der Waals surface area contributed by atoms with Crippen LogP contribution < -0.4 is 28.1 Å². The van der Waals surface area contributed by atoms with Crippen molar-refractivity contribution >= 4 is 12.6 Å². The largest absolute Gasteiger partial charge is 1.00 e.